The van der Waals surface area contributed by atoms with E-state index in [1.165, 1.54) is 38.4 Å². The normalized spacial score (nSPS) is 24.6. The average Bonchev–Trinajstić information content (AvgIpc) is 2.35. The van der Waals surface area contributed by atoms with Crippen molar-refractivity contribution in [3.8, 4) is 0 Å². The minimum Gasteiger partial charge on any atom is -0.366 e. The van der Waals surface area contributed by atoms with Crippen LogP contribution in [0.4, 0.5) is 5.82 Å². The van der Waals surface area contributed by atoms with Crippen LogP contribution in [0.5, 0.6) is 0 Å². The summed E-state index contributed by atoms with van der Waals surface area (Å²) in [5.41, 5.74) is -0.0630. The van der Waals surface area contributed by atoms with Crippen molar-refractivity contribution >= 4 is 28.4 Å². The Bertz CT molecular complexity index is 432. The molecule has 0 saturated heterocycles. The molecule has 1 heterocycles. The molecule has 1 aromatic heterocycles. The number of nitrogens with one attached hydrogen (secondary N) is 2. The summed E-state index contributed by atoms with van der Waals surface area (Å²) in [6.07, 6.45) is 7.73. The van der Waals surface area contributed by atoms with Crippen LogP contribution in [0.2, 0.25) is 0 Å². The van der Waals surface area contributed by atoms with Gasteiger partial charge in [-0.1, -0.05) is 26.2 Å². The summed E-state index contributed by atoms with van der Waals surface area (Å²) in [6.45, 7) is 2.24. The highest BCUT2D eigenvalue weighted by Gasteiger charge is 2.24. The minimum atomic E-state index is -0.0630. The van der Waals surface area contributed by atoms with Crippen molar-refractivity contribution in [2.75, 3.05) is 5.32 Å². The van der Waals surface area contributed by atoms with Gasteiger partial charge in [-0.3, -0.25) is 4.79 Å². The summed E-state index contributed by atoms with van der Waals surface area (Å²) in [7, 11) is 0. The maximum absolute atomic E-state index is 11.5. The summed E-state index contributed by atoms with van der Waals surface area (Å²) < 4.78 is 0.658. The third-order valence-electron chi connectivity index (χ3n) is 3.55. The first-order valence-corrected chi connectivity index (χ1v) is 7.30. The Morgan fingerprint density at radius 3 is 3.06 bits per heavy atom. The molecule has 0 aromatic carbocycles. The highest BCUT2D eigenvalue weighted by atomic mass is 127. The molecule has 94 valence electrons. The largest absolute Gasteiger partial charge is 0.366 e. The van der Waals surface area contributed by atoms with E-state index in [-0.39, 0.29) is 5.56 Å². The summed E-state index contributed by atoms with van der Waals surface area (Å²) in [5, 5.41) is 3.45. The summed E-state index contributed by atoms with van der Waals surface area (Å²) in [6, 6.07) is 0.469. The van der Waals surface area contributed by atoms with Gasteiger partial charge in [-0.2, -0.15) is 0 Å². The van der Waals surface area contributed by atoms with Crippen LogP contribution < -0.4 is 10.9 Å². The molecule has 17 heavy (non-hydrogen) atoms. The zero-order chi connectivity index (χ0) is 12.3. The van der Waals surface area contributed by atoms with Crippen LogP contribution in [0.15, 0.2) is 11.1 Å². The molecule has 1 fully saturated rings. The van der Waals surface area contributed by atoms with E-state index >= 15 is 0 Å². The quantitative estimate of drug-likeness (QED) is 0.827. The lowest BCUT2D eigenvalue weighted by molar-refractivity contribution is 0.316. The predicted molar refractivity (Wildman–Crippen MR) is 77.2 cm³/mol. The fraction of sp³-hybridized carbons (Fsp3) is 0.667. The molecule has 5 heteroatoms. The first-order chi connectivity index (χ1) is 8.22. The van der Waals surface area contributed by atoms with Crippen molar-refractivity contribution in [2.45, 2.75) is 45.1 Å². The molecule has 2 atom stereocenters. The standard InChI is InChI=1S/C12H18IN3O/c1-2-8-5-3-4-6-9(8)16-11-10(13)12(17)15-7-14-11/h7-9H,2-6H2,1H3,(H2,14,15,16,17). The molecule has 2 N–H and O–H groups in total. The van der Waals surface area contributed by atoms with Gasteiger partial charge in [0.25, 0.3) is 5.56 Å². The molecule has 0 radical (unpaired) electrons. The fourth-order valence-electron chi connectivity index (χ4n) is 2.55. The average molecular weight is 347 g/mol. The predicted octanol–water partition coefficient (Wildman–Crippen LogP) is 2.76. The van der Waals surface area contributed by atoms with Crippen molar-refractivity contribution in [2.24, 2.45) is 5.92 Å². The summed E-state index contributed by atoms with van der Waals surface area (Å²) in [4.78, 5) is 18.3. The van der Waals surface area contributed by atoms with Gasteiger partial charge in [0.1, 0.15) is 9.39 Å². The maximum Gasteiger partial charge on any atom is 0.266 e. The molecule has 4 nitrogen and oxygen atoms in total. The van der Waals surface area contributed by atoms with Crippen LogP contribution in [-0.2, 0) is 0 Å². The number of nitrogens with zero attached hydrogens (tertiary/aromatic N) is 1. The van der Waals surface area contributed by atoms with Gasteiger partial charge in [0, 0.05) is 6.04 Å². The molecule has 1 aliphatic rings. The van der Waals surface area contributed by atoms with Crippen molar-refractivity contribution < 1.29 is 0 Å². The lowest BCUT2D eigenvalue weighted by Gasteiger charge is -2.32. The van der Waals surface area contributed by atoms with E-state index in [1.807, 2.05) is 0 Å². The van der Waals surface area contributed by atoms with Crippen molar-refractivity contribution in [1.82, 2.24) is 9.97 Å². The molecule has 0 aliphatic heterocycles. The topological polar surface area (TPSA) is 57.8 Å². The van der Waals surface area contributed by atoms with Gasteiger partial charge in [-0.25, -0.2) is 4.98 Å². The van der Waals surface area contributed by atoms with Gasteiger partial charge in [0.2, 0.25) is 0 Å². The molecule has 1 saturated carbocycles. The zero-order valence-electron chi connectivity index (χ0n) is 10.0. The molecular weight excluding hydrogens is 329 g/mol. The second-order valence-corrected chi connectivity index (χ2v) is 5.68. The highest BCUT2D eigenvalue weighted by Crippen LogP contribution is 2.29. The molecule has 2 rings (SSSR count). The molecule has 1 aromatic rings. The molecule has 0 bridgehead atoms. The lowest BCUT2D eigenvalue weighted by Crippen LogP contribution is -2.33. The number of H-pyrrole nitrogens is 1. The summed E-state index contributed by atoms with van der Waals surface area (Å²) >= 11 is 2.05. The van der Waals surface area contributed by atoms with E-state index in [0.717, 1.165) is 5.82 Å². The van der Waals surface area contributed by atoms with E-state index in [2.05, 4.69) is 44.8 Å². The summed E-state index contributed by atoms with van der Waals surface area (Å²) in [5.74, 6) is 1.44. The molecular formula is C12H18IN3O. The minimum absolute atomic E-state index is 0.0630. The van der Waals surface area contributed by atoms with Crippen LogP contribution in [0.1, 0.15) is 39.0 Å². The number of rotatable bonds is 3. The molecule has 1 aliphatic carbocycles. The van der Waals surface area contributed by atoms with Crippen molar-refractivity contribution in [3.05, 3.63) is 20.3 Å². The Hall–Kier alpha value is -0.590. The monoisotopic (exact) mass is 347 g/mol. The SMILES string of the molecule is CCC1CCCCC1Nc1nc[nH]c(=O)c1I. The third-order valence-corrected chi connectivity index (χ3v) is 4.55. The number of hydrogen-bond acceptors (Lipinski definition) is 3. The molecule has 0 amide bonds. The smallest absolute Gasteiger partial charge is 0.266 e. The Kier molecular flexibility index (Phi) is 4.42. The van der Waals surface area contributed by atoms with E-state index in [1.54, 1.807) is 0 Å². The van der Waals surface area contributed by atoms with Crippen LogP contribution in [0, 0.1) is 9.49 Å². The van der Waals surface area contributed by atoms with E-state index in [9.17, 15) is 4.79 Å². The first-order valence-electron chi connectivity index (χ1n) is 6.22. The second kappa shape index (κ2) is 5.84. The Morgan fingerprint density at radius 1 is 1.53 bits per heavy atom. The Morgan fingerprint density at radius 2 is 2.29 bits per heavy atom. The van der Waals surface area contributed by atoms with Crippen LogP contribution in [-0.4, -0.2) is 16.0 Å². The van der Waals surface area contributed by atoms with E-state index in [4.69, 9.17) is 0 Å². The van der Waals surface area contributed by atoms with Crippen LogP contribution in [0.3, 0.4) is 0 Å². The zero-order valence-corrected chi connectivity index (χ0v) is 12.2. The maximum atomic E-state index is 11.5. The van der Waals surface area contributed by atoms with Crippen molar-refractivity contribution in [1.29, 1.82) is 0 Å². The molecule has 0 spiro atoms. The van der Waals surface area contributed by atoms with Gasteiger partial charge >= 0.3 is 0 Å². The fourth-order valence-corrected chi connectivity index (χ4v) is 3.00. The molecule has 2 unspecified atom stereocenters. The lowest BCUT2D eigenvalue weighted by atomic mass is 9.83. The van der Waals surface area contributed by atoms with Crippen LogP contribution in [0.25, 0.3) is 0 Å². The van der Waals surface area contributed by atoms with Crippen LogP contribution >= 0.6 is 22.6 Å². The van der Waals surface area contributed by atoms with Gasteiger partial charge in [0.05, 0.1) is 6.33 Å². The third kappa shape index (κ3) is 3.00. The van der Waals surface area contributed by atoms with Gasteiger partial charge in [0.15, 0.2) is 0 Å². The number of anilines is 1. The number of halogens is 1. The second-order valence-electron chi connectivity index (χ2n) is 4.60. The highest BCUT2D eigenvalue weighted by molar-refractivity contribution is 14.1. The first kappa shape index (κ1) is 12.9. The number of aromatic amines is 1. The van der Waals surface area contributed by atoms with Gasteiger partial charge < -0.3 is 10.3 Å². The number of aromatic nitrogens is 2. The van der Waals surface area contributed by atoms with Gasteiger partial charge in [-0.15, -0.1) is 0 Å². The van der Waals surface area contributed by atoms with Crippen molar-refractivity contribution in [3.63, 3.8) is 0 Å². The Balaban J connectivity index is 2.13. The van der Waals surface area contributed by atoms with E-state index < -0.39 is 0 Å². The van der Waals surface area contributed by atoms with E-state index in [0.29, 0.717) is 15.5 Å². The van der Waals surface area contributed by atoms with Gasteiger partial charge in [-0.05, 0) is 41.4 Å². The Labute approximate surface area is 115 Å². The number of hydrogen-bond donors (Lipinski definition) is 2.